The van der Waals surface area contributed by atoms with E-state index < -0.39 is 0 Å². The third-order valence-corrected chi connectivity index (χ3v) is 23.6. The summed E-state index contributed by atoms with van der Waals surface area (Å²) in [5.41, 5.74) is 30.6. The van der Waals surface area contributed by atoms with E-state index in [0.717, 1.165) is 101 Å². The fraction of sp³-hybridized carbons (Fsp3) is 0.445. The Balaban J connectivity index is 0.00000145. The second kappa shape index (κ2) is 79.5. The minimum absolute atomic E-state index is 0. The number of benzene rings is 5. The summed E-state index contributed by atoms with van der Waals surface area (Å²) in [5.74, 6) is 1.96. The number of amides is 1. The average Bonchev–Trinajstić information content (AvgIpc) is 1.25. The highest BCUT2D eigenvalue weighted by atomic mass is 16.2. The van der Waals surface area contributed by atoms with Gasteiger partial charge >= 0.3 is 0 Å². The summed E-state index contributed by atoms with van der Waals surface area (Å²) < 4.78 is 3.89. The molecule has 12 aromatic rings. The van der Waals surface area contributed by atoms with E-state index in [1.54, 1.807) is 38.8 Å². The van der Waals surface area contributed by atoms with Crippen molar-refractivity contribution in [1.82, 2.24) is 79.1 Å². The Morgan fingerprint density at radius 1 is 0.341 bits per heavy atom. The van der Waals surface area contributed by atoms with Crippen molar-refractivity contribution in [1.29, 1.82) is 0 Å². The van der Waals surface area contributed by atoms with Crippen molar-refractivity contribution in [3.63, 3.8) is 0 Å². The van der Waals surface area contributed by atoms with Crippen LogP contribution in [0.1, 0.15) is 206 Å². The van der Waals surface area contributed by atoms with Crippen molar-refractivity contribution in [2.24, 2.45) is 25.7 Å². The lowest BCUT2D eigenvalue weighted by molar-refractivity contribution is -0.127. The first-order chi connectivity index (χ1) is 65.7. The molecule has 0 radical (unpaired) electrons. The number of piperazine rings is 2. The summed E-state index contributed by atoms with van der Waals surface area (Å²) >= 11 is 0. The van der Waals surface area contributed by atoms with Crippen molar-refractivity contribution in [3.8, 4) is 0 Å². The quantitative estimate of drug-likeness (QED) is 0.0978. The number of pyridine rings is 5. The molecule has 138 heavy (non-hydrogen) atoms. The molecule has 11 heterocycles. The Bertz CT molecular complexity index is 4510. The average molecular weight is 1880 g/mol. The maximum absolute atomic E-state index is 10.9. The topological polar surface area (TPSA) is 191 Å². The lowest BCUT2D eigenvalue weighted by Crippen LogP contribution is -2.42. The molecule has 7 aromatic heterocycles. The van der Waals surface area contributed by atoms with Crippen molar-refractivity contribution < 1.29 is 9.59 Å². The van der Waals surface area contributed by atoms with Crippen LogP contribution in [-0.4, -0.2) is 201 Å². The molecule has 4 aliphatic heterocycles. The highest BCUT2D eigenvalue weighted by Gasteiger charge is 2.16. The van der Waals surface area contributed by atoms with Crippen LogP contribution in [0.15, 0.2) is 275 Å². The zero-order chi connectivity index (χ0) is 102. The zero-order valence-electron chi connectivity index (χ0n) is 89.7. The number of Topliss-reactive ketones (excluding diaryl/α,β-unsaturated/α-hetero) is 1. The number of ketones is 1. The van der Waals surface area contributed by atoms with Gasteiger partial charge in [0.2, 0.25) is 5.91 Å². The predicted octanol–water partition coefficient (Wildman–Crippen LogP) is 23.5. The van der Waals surface area contributed by atoms with Crippen LogP contribution in [0.2, 0.25) is 0 Å². The zero-order valence-corrected chi connectivity index (χ0v) is 89.7. The third kappa shape index (κ3) is 61.0. The molecule has 1 amide bonds. The predicted molar refractivity (Wildman–Crippen MR) is 593 cm³/mol. The van der Waals surface area contributed by atoms with Gasteiger partial charge in [-0.25, -0.2) is 4.98 Å². The maximum Gasteiger partial charge on any atom is 0.219 e. The van der Waals surface area contributed by atoms with Crippen LogP contribution < -0.4 is 16.4 Å². The normalized spacial score (nSPS) is 12.7. The van der Waals surface area contributed by atoms with Gasteiger partial charge in [-0.05, 0) is 337 Å². The van der Waals surface area contributed by atoms with E-state index in [9.17, 15) is 9.59 Å². The molecule has 4 fully saturated rings. The van der Waals surface area contributed by atoms with Gasteiger partial charge in [0.15, 0.2) is 5.78 Å². The van der Waals surface area contributed by atoms with E-state index in [1.807, 2.05) is 197 Å². The van der Waals surface area contributed by atoms with Crippen molar-refractivity contribution >= 4 is 11.7 Å². The molecular weight excluding hydrogens is 1700 g/mol. The summed E-state index contributed by atoms with van der Waals surface area (Å²) in [7, 11) is 16.5. The third-order valence-electron chi connectivity index (χ3n) is 23.6. The highest BCUT2D eigenvalue weighted by Crippen LogP contribution is 2.18. The number of rotatable bonds is 12. The second-order valence-electron chi connectivity index (χ2n) is 35.2. The molecule has 0 unspecified atom stereocenters. The molecule has 756 valence electrons. The number of nitrogens with two attached hydrogens (primary N) is 1. The van der Waals surface area contributed by atoms with Crippen molar-refractivity contribution in [2.75, 3.05) is 121 Å². The molecule has 0 aliphatic carbocycles. The molecule has 16 rings (SSSR count). The molecule has 0 atom stereocenters. The fourth-order valence-electron chi connectivity index (χ4n) is 13.8. The first-order valence-corrected chi connectivity index (χ1v) is 49.4. The summed E-state index contributed by atoms with van der Waals surface area (Å²) in [6.45, 7) is 59.1. The van der Waals surface area contributed by atoms with E-state index >= 15 is 0 Å². The molecule has 19 heteroatoms. The standard InChI is InChI=1S/C9H13N.C9H10O.3C9H12.C8H16N2.C8H12N2.3C8H11N.2C6H14N2.C6H11NO.C6H7N.C5H7N.C4H6N2.CH4/c1-8-5-3-4-6-9(8)7-10-2;1-7-5-3-4-6-9(7)8(2)10;3*1-3-9-7-5-4-6-8(9)2;1-7-3-5-10(6-4-7)8(2)9;1-7-3-4-10-6-8(7)5-9-2;3*1-3-8-6-9-5-4-7(8)2;2*1-7-3-5-8(2)6-4-7;1-6(8)7-4-2-3-5-7;1-6-2-4-7-5-3-6;1-6-4-2-3-5-6;1-6-3-2-5-4-6;/h3-6,10H,7H2,1-2H3;3-6H,1-2H3;3*4-7H,3H2,1-2H3;7H,2-6,9H2,1H3;3-4,6,9H,5H2,1-2H3;3*4-6H,3H2,1-2H3;2*3-6H2,1-2H3;2-5H2,1H3;2-5H,1H3;2-5H,1H3;2-4H,1H3;1H4. The highest BCUT2D eigenvalue weighted by molar-refractivity contribution is 5.95. The number of likely N-dealkylation sites (N-methyl/N-ethyl adjacent to an activating group) is 4. The summed E-state index contributed by atoms with van der Waals surface area (Å²) in [6, 6.07) is 57.6. The van der Waals surface area contributed by atoms with Crippen LogP contribution in [0, 0.1) is 75.2 Å². The molecule has 5 aromatic carbocycles. The number of likely N-dealkylation sites (tertiary alicyclic amines) is 2. The van der Waals surface area contributed by atoms with Gasteiger partial charge in [-0.2, -0.15) is 0 Å². The number of carbonyl (C=O) groups is 2. The van der Waals surface area contributed by atoms with E-state index in [1.165, 1.54) is 173 Å². The Morgan fingerprint density at radius 2 is 0.638 bits per heavy atom. The molecule has 19 nitrogen and oxygen atoms in total. The minimum Gasteiger partial charge on any atom is -0.386 e. The van der Waals surface area contributed by atoms with Crippen LogP contribution in [0.3, 0.4) is 0 Å². The number of piperidine rings is 1. The molecule has 4 N–H and O–H groups in total. The smallest absolute Gasteiger partial charge is 0.219 e. The first-order valence-electron chi connectivity index (χ1n) is 49.4. The molecule has 4 saturated heterocycles. The van der Waals surface area contributed by atoms with Gasteiger partial charge in [0.1, 0.15) is 0 Å². The van der Waals surface area contributed by atoms with E-state index in [-0.39, 0.29) is 19.1 Å². The molecule has 4 aliphatic rings. The monoisotopic (exact) mass is 1880 g/mol. The van der Waals surface area contributed by atoms with Crippen molar-refractivity contribution in [3.05, 3.63) is 381 Å². The van der Waals surface area contributed by atoms with Crippen LogP contribution in [0.5, 0.6) is 0 Å². The Hall–Kier alpha value is -11.4. The molecule has 0 saturated carbocycles. The van der Waals surface area contributed by atoms with Gasteiger partial charge < -0.3 is 54.9 Å². The van der Waals surface area contributed by atoms with Gasteiger partial charge in [0, 0.05) is 205 Å². The number of nitrogens with zero attached hydrogens (tertiary/aromatic N) is 14. The van der Waals surface area contributed by atoms with Gasteiger partial charge in [0.25, 0.3) is 0 Å². The number of carbonyl (C=O) groups excluding carboxylic acids is 2. The van der Waals surface area contributed by atoms with Crippen LogP contribution >= 0.6 is 0 Å². The Morgan fingerprint density at radius 3 is 0.848 bits per heavy atom. The molecular formula is C119H183N17O2. The SMILES string of the molecule is C.C=C(N)N1CCC(C)CC1.CC(=O)N1CCCC1.CC(=O)c1ccccc1C.CCc1ccccc1C.CCc1ccccc1C.CCc1ccccc1C.CCc1cnccc1C.CCc1cnccc1C.CCc1cnccc1C.CN1CCN(C)CC1.CN1CCN(C)CC1.CNCc1ccccc1C.CNCc1cnccc1C.Cc1ccncc1.Cn1cccc1.Cn1ccnc1. The van der Waals surface area contributed by atoms with Crippen LogP contribution in [0.25, 0.3) is 0 Å². The number of aryl methyl sites for hydroxylation is 18. The number of hydrogen-bond donors (Lipinski definition) is 3. The van der Waals surface area contributed by atoms with E-state index in [2.05, 4.69) is 301 Å². The number of nitrogens with one attached hydrogen (secondary N) is 2. The summed E-state index contributed by atoms with van der Waals surface area (Å²) in [6.07, 6.45) is 39.5. The van der Waals surface area contributed by atoms with Gasteiger partial charge in [-0.15, -0.1) is 0 Å². The lowest BCUT2D eigenvalue weighted by Gasteiger charge is -2.31. The van der Waals surface area contributed by atoms with Gasteiger partial charge in [-0.1, -0.05) is 184 Å². The second-order valence-corrected chi connectivity index (χ2v) is 35.2. The first kappa shape index (κ1) is 127. The largest absolute Gasteiger partial charge is 0.386 e. The van der Waals surface area contributed by atoms with Gasteiger partial charge in [0.05, 0.1) is 12.1 Å². The summed E-state index contributed by atoms with van der Waals surface area (Å²) in [5, 5.41) is 6.21. The molecule has 0 bridgehead atoms. The lowest BCUT2D eigenvalue weighted by atomic mass is 9.99. The Labute approximate surface area is 839 Å². The Kier molecular flexibility index (Phi) is 72.9. The van der Waals surface area contributed by atoms with Crippen LogP contribution in [-0.2, 0) is 70.5 Å². The minimum atomic E-state index is 0. The number of aromatic nitrogens is 8. The van der Waals surface area contributed by atoms with E-state index in [4.69, 9.17) is 5.73 Å². The van der Waals surface area contributed by atoms with Gasteiger partial charge in [-0.3, -0.25) is 34.5 Å². The summed E-state index contributed by atoms with van der Waals surface area (Å²) in [4.78, 5) is 58.6. The van der Waals surface area contributed by atoms with Crippen molar-refractivity contribution in [2.45, 2.75) is 216 Å². The number of imidazole rings is 1. The molecule has 0 spiro atoms. The van der Waals surface area contributed by atoms with Crippen LogP contribution in [0.4, 0.5) is 0 Å². The fourth-order valence-corrected chi connectivity index (χ4v) is 13.8. The van der Waals surface area contributed by atoms with E-state index in [0.29, 0.717) is 0 Å². The maximum atomic E-state index is 10.9. The number of hydrogen-bond acceptors (Lipinski definition) is 16.